The third kappa shape index (κ3) is 4.90. The van der Waals surface area contributed by atoms with Gasteiger partial charge < -0.3 is 0 Å². The molecule has 1 aliphatic rings. The molecule has 0 saturated carbocycles. The van der Waals surface area contributed by atoms with Crippen LogP contribution in [0.15, 0.2) is 35.7 Å². The number of hydrogen-bond donors (Lipinski definition) is 1. The van der Waals surface area contributed by atoms with E-state index in [1.165, 1.54) is 12.1 Å². The molecule has 0 radical (unpaired) electrons. The molecule has 1 saturated heterocycles. The largest absolute Gasteiger partial charge is 0.236 e. The monoisotopic (exact) mass is 333 g/mol. The van der Waals surface area contributed by atoms with Crippen molar-refractivity contribution in [2.45, 2.75) is 18.9 Å². The average Bonchev–Trinajstić information content (AvgIpc) is 2.37. The zero-order valence-electron chi connectivity index (χ0n) is 11.2. The number of nitrogens with one attached hydrogen (secondary N) is 1. The fraction of sp³-hybridized carbons (Fsp3) is 0.385. The molecule has 21 heavy (non-hydrogen) atoms. The van der Waals surface area contributed by atoms with Gasteiger partial charge in [0, 0.05) is 11.6 Å². The van der Waals surface area contributed by atoms with Crippen LogP contribution in [0.4, 0.5) is 4.39 Å². The van der Waals surface area contributed by atoms with Crippen molar-refractivity contribution in [3.8, 4) is 0 Å². The van der Waals surface area contributed by atoms with E-state index in [1.54, 1.807) is 18.2 Å². The van der Waals surface area contributed by atoms with Crippen molar-refractivity contribution < 1.29 is 21.2 Å². The molecule has 0 spiro atoms. The molecule has 1 atom stereocenters. The zero-order chi connectivity index (χ0) is 15.5. The highest BCUT2D eigenvalue weighted by atomic mass is 32.2. The van der Waals surface area contributed by atoms with Crippen molar-refractivity contribution in [3.05, 3.63) is 41.3 Å². The lowest BCUT2D eigenvalue weighted by Crippen LogP contribution is -2.42. The van der Waals surface area contributed by atoms with E-state index >= 15 is 0 Å². The summed E-state index contributed by atoms with van der Waals surface area (Å²) in [7, 11) is -7.26. The Bertz CT molecular complexity index is 727. The fourth-order valence-corrected chi connectivity index (χ4v) is 5.07. The highest BCUT2D eigenvalue weighted by molar-refractivity contribution is 7.93. The molecule has 0 amide bonds. The third-order valence-electron chi connectivity index (χ3n) is 3.10. The quantitative estimate of drug-likeness (QED) is 0.904. The van der Waals surface area contributed by atoms with Crippen LogP contribution in [-0.2, 0) is 19.9 Å². The summed E-state index contributed by atoms with van der Waals surface area (Å²) in [4.78, 5) is 0. The van der Waals surface area contributed by atoms with E-state index < -0.39 is 31.7 Å². The first-order valence-corrected chi connectivity index (χ1v) is 9.80. The molecule has 0 bridgehead atoms. The van der Waals surface area contributed by atoms with Gasteiger partial charge in [-0.3, -0.25) is 0 Å². The number of benzene rings is 1. The predicted molar refractivity (Wildman–Crippen MR) is 79.3 cm³/mol. The Morgan fingerprint density at radius 2 is 1.95 bits per heavy atom. The van der Waals surface area contributed by atoms with Gasteiger partial charge in [-0.2, -0.15) is 0 Å². The van der Waals surface area contributed by atoms with Gasteiger partial charge in [0.2, 0.25) is 10.0 Å². The first-order chi connectivity index (χ1) is 9.77. The highest BCUT2D eigenvalue weighted by Crippen LogP contribution is 2.18. The van der Waals surface area contributed by atoms with Crippen LogP contribution in [0.1, 0.15) is 18.4 Å². The number of rotatable bonds is 4. The first kappa shape index (κ1) is 16.1. The second-order valence-electron chi connectivity index (χ2n) is 4.95. The maximum absolute atomic E-state index is 13.9. The third-order valence-corrected chi connectivity index (χ3v) is 6.10. The van der Waals surface area contributed by atoms with Crippen molar-refractivity contribution in [1.29, 1.82) is 0 Å². The summed E-state index contributed by atoms with van der Waals surface area (Å²) < 4.78 is 62.8. The summed E-state index contributed by atoms with van der Waals surface area (Å²) in [6, 6.07) is 7.08. The Kier molecular flexibility index (Phi) is 4.80. The van der Waals surface area contributed by atoms with E-state index in [1.807, 2.05) is 0 Å². The molecular formula is C13H16FNO4S2. The first-order valence-electron chi connectivity index (χ1n) is 6.43. The molecule has 1 aromatic carbocycles. The number of sulfone groups is 1. The highest BCUT2D eigenvalue weighted by Gasteiger charge is 2.27. The summed E-state index contributed by atoms with van der Waals surface area (Å²) in [5.41, 5.74) is 0.152. The Labute approximate surface area is 123 Å². The molecule has 8 heteroatoms. The Morgan fingerprint density at radius 1 is 1.29 bits per heavy atom. The topological polar surface area (TPSA) is 80.3 Å². The molecule has 1 fully saturated rings. The van der Waals surface area contributed by atoms with E-state index in [0.29, 0.717) is 18.2 Å². The lowest BCUT2D eigenvalue weighted by molar-refractivity contribution is 0.521. The van der Waals surface area contributed by atoms with Gasteiger partial charge in [-0.15, -0.1) is 0 Å². The summed E-state index contributed by atoms with van der Waals surface area (Å²) in [6.07, 6.45) is 0.833. The Morgan fingerprint density at radius 3 is 2.57 bits per heavy atom. The van der Waals surface area contributed by atoms with Gasteiger partial charge in [-0.05, 0) is 12.8 Å². The maximum atomic E-state index is 13.9. The smallest absolute Gasteiger partial charge is 0.229 e. The molecule has 5 nitrogen and oxygen atoms in total. The molecule has 1 heterocycles. The average molecular weight is 333 g/mol. The van der Waals surface area contributed by atoms with Crippen molar-refractivity contribution in [2.24, 2.45) is 0 Å². The lowest BCUT2D eigenvalue weighted by Gasteiger charge is -2.21. The number of halogens is 1. The van der Waals surface area contributed by atoms with Gasteiger partial charge in [0.05, 0.1) is 16.9 Å². The number of sulfonamides is 1. The van der Waals surface area contributed by atoms with Crippen LogP contribution in [0, 0.1) is 0 Å². The van der Waals surface area contributed by atoms with Crippen LogP contribution in [0.2, 0.25) is 0 Å². The van der Waals surface area contributed by atoms with Gasteiger partial charge in [-0.25, -0.2) is 25.9 Å². The van der Waals surface area contributed by atoms with Crippen molar-refractivity contribution in [2.75, 3.05) is 11.5 Å². The molecule has 1 aromatic rings. The molecule has 1 unspecified atom stereocenters. The number of hydrogen-bond acceptors (Lipinski definition) is 4. The zero-order valence-corrected chi connectivity index (χ0v) is 12.8. The van der Waals surface area contributed by atoms with E-state index in [4.69, 9.17) is 0 Å². The molecular weight excluding hydrogens is 317 g/mol. The van der Waals surface area contributed by atoms with Crippen molar-refractivity contribution in [3.63, 3.8) is 0 Å². The van der Waals surface area contributed by atoms with Crippen molar-refractivity contribution >= 4 is 25.7 Å². The predicted octanol–water partition coefficient (Wildman–Crippen LogP) is 1.45. The van der Waals surface area contributed by atoms with E-state index in [-0.39, 0.29) is 17.1 Å². The minimum Gasteiger partial charge on any atom is -0.229 e. The van der Waals surface area contributed by atoms with Crippen LogP contribution in [0.5, 0.6) is 0 Å². The van der Waals surface area contributed by atoms with Crippen molar-refractivity contribution in [1.82, 2.24) is 4.72 Å². The van der Waals surface area contributed by atoms with Crippen LogP contribution in [0.3, 0.4) is 0 Å². The SMILES string of the molecule is O=S1(=O)CCCC(NS(=O)(=O)C=C(F)c2ccccc2)C1. The molecule has 1 N–H and O–H groups in total. The van der Waals surface area contributed by atoms with Gasteiger partial charge in [0.25, 0.3) is 0 Å². The molecule has 0 aliphatic carbocycles. The fourth-order valence-electron chi connectivity index (χ4n) is 2.18. The minimum atomic E-state index is -4.03. The Balaban J connectivity index is 2.12. The van der Waals surface area contributed by atoms with Crippen LogP contribution < -0.4 is 4.72 Å². The minimum absolute atomic E-state index is 0.0689. The van der Waals surface area contributed by atoms with Gasteiger partial charge in [0.1, 0.15) is 5.83 Å². The molecule has 0 aromatic heterocycles. The van der Waals surface area contributed by atoms with Crippen LogP contribution >= 0.6 is 0 Å². The maximum Gasteiger partial charge on any atom is 0.236 e. The van der Waals surface area contributed by atoms with Gasteiger partial charge in [0.15, 0.2) is 9.84 Å². The van der Waals surface area contributed by atoms with Crippen LogP contribution in [-0.4, -0.2) is 34.4 Å². The van der Waals surface area contributed by atoms with Gasteiger partial charge >= 0.3 is 0 Å². The van der Waals surface area contributed by atoms with E-state index in [2.05, 4.69) is 4.72 Å². The molecule has 1 aliphatic heterocycles. The van der Waals surface area contributed by atoms with Gasteiger partial charge in [-0.1, -0.05) is 30.3 Å². The molecule has 116 valence electrons. The molecule has 2 rings (SSSR count). The standard InChI is InChI=1S/C13H16FNO4S2/c14-13(11-5-2-1-3-6-11)10-21(18,19)15-12-7-4-8-20(16,17)9-12/h1-3,5-6,10,12,15H,4,7-9H2. The second-order valence-corrected chi connectivity index (χ2v) is 8.74. The lowest BCUT2D eigenvalue weighted by atomic mass is 10.2. The summed E-state index contributed by atoms with van der Waals surface area (Å²) >= 11 is 0. The summed E-state index contributed by atoms with van der Waals surface area (Å²) in [5, 5.41) is 0.490. The van der Waals surface area contributed by atoms with E-state index in [0.717, 1.165) is 0 Å². The second kappa shape index (κ2) is 6.25. The van der Waals surface area contributed by atoms with Crippen LogP contribution in [0.25, 0.3) is 5.83 Å². The van der Waals surface area contributed by atoms with E-state index in [9.17, 15) is 21.2 Å². The Hall–Kier alpha value is -1.25. The summed E-state index contributed by atoms with van der Waals surface area (Å²) in [5.74, 6) is -1.06. The normalized spacial score (nSPS) is 22.9. The summed E-state index contributed by atoms with van der Waals surface area (Å²) in [6.45, 7) is 0.